The van der Waals surface area contributed by atoms with Gasteiger partial charge in [0.25, 0.3) is 0 Å². The first kappa shape index (κ1) is 18.2. The first-order valence-corrected chi connectivity index (χ1v) is 8.81. The molecule has 2 fully saturated rings. The Morgan fingerprint density at radius 2 is 2.09 bits per heavy atom. The smallest absolute Gasteiger partial charge is 0.247 e. The fourth-order valence-electron chi connectivity index (χ4n) is 3.95. The molecule has 0 bridgehead atoms. The molecule has 4 unspecified atom stereocenters. The van der Waals surface area contributed by atoms with Crippen LogP contribution >= 0.6 is 0 Å². The van der Waals surface area contributed by atoms with Gasteiger partial charge in [-0.1, -0.05) is 13.8 Å². The first-order valence-electron chi connectivity index (χ1n) is 8.81. The van der Waals surface area contributed by atoms with Crippen LogP contribution in [0.25, 0.3) is 0 Å². The van der Waals surface area contributed by atoms with Crippen LogP contribution in [0.5, 0.6) is 0 Å². The molecule has 2 amide bonds. The summed E-state index contributed by atoms with van der Waals surface area (Å²) in [6.07, 6.45) is 3.33. The average molecular weight is 325 g/mol. The highest BCUT2D eigenvalue weighted by Gasteiger charge is 2.52. The van der Waals surface area contributed by atoms with Crippen LogP contribution in [0.3, 0.4) is 0 Å². The number of ether oxygens (including phenoxy) is 1. The van der Waals surface area contributed by atoms with Crippen molar-refractivity contribution in [3.8, 4) is 0 Å². The van der Waals surface area contributed by atoms with E-state index in [1.165, 1.54) is 0 Å². The summed E-state index contributed by atoms with van der Waals surface area (Å²) < 4.78 is 5.96. The Hall–Kier alpha value is -1.14. The highest BCUT2D eigenvalue weighted by molar-refractivity contribution is 5.90. The third-order valence-corrected chi connectivity index (χ3v) is 6.02. The predicted octanol–water partition coefficient (Wildman–Crippen LogP) is 1.25. The standard InChI is InChI=1S/C17H31N3O3/c1-6-17(7-2)10-14-20(12(17)4)16(22)13(8-9-23-14)19-15(21)11(3)18-5/h11-14,18H,6-10H2,1-5H3,(H,19,21). The summed E-state index contributed by atoms with van der Waals surface area (Å²) in [4.78, 5) is 27.0. The van der Waals surface area contributed by atoms with Crippen molar-refractivity contribution in [1.82, 2.24) is 15.5 Å². The van der Waals surface area contributed by atoms with Crippen LogP contribution in [-0.4, -0.2) is 54.7 Å². The van der Waals surface area contributed by atoms with Crippen LogP contribution in [-0.2, 0) is 14.3 Å². The quantitative estimate of drug-likeness (QED) is 0.798. The van der Waals surface area contributed by atoms with Gasteiger partial charge in [-0.25, -0.2) is 0 Å². The van der Waals surface area contributed by atoms with Gasteiger partial charge >= 0.3 is 0 Å². The predicted molar refractivity (Wildman–Crippen MR) is 88.7 cm³/mol. The molecule has 0 aromatic rings. The minimum absolute atomic E-state index is 0.000396. The maximum absolute atomic E-state index is 13.0. The largest absolute Gasteiger partial charge is 0.358 e. The van der Waals surface area contributed by atoms with Crippen LogP contribution in [0.15, 0.2) is 0 Å². The molecule has 2 N–H and O–H groups in total. The van der Waals surface area contributed by atoms with Gasteiger partial charge in [0.15, 0.2) is 0 Å². The molecule has 0 spiro atoms. The Labute approximate surface area is 139 Å². The Kier molecular flexibility index (Phi) is 5.68. The number of carbonyl (C=O) groups is 2. The number of carbonyl (C=O) groups excluding carboxylic acids is 2. The number of hydrogen-bond acceptors (Lipinski definition) is 4. The number of fused-ring (bicyclic) bond motifs is 1. The van der Waals surface area contributed by atoms with E-state index >= 15 is 0 Å². The van der Waals surface area contributed by atoms with Gasteiger partial charge in [-0.2, -0.15) is 0 Å². The van der Waals surface area contributed by atoms with Gasteiger partial charge in [-0.15, -0.1) is 0 Å². The van der Waals surface area contributed by atoms with E-state index in [0.717, 1.165) is 19.3 Å². The minimum atomic E-state index is -0.490. The van der Waals surface area contributed by atoms with Gasteiger partial charge in [-0.3, -0.25) is 9.59 Å². The summed E-state index contributed by atoms with van der Waals surface area (Å²) >= 11 is 0. The summed E-state index contributed by atoms with van der Waals surface area (Å²) in [6, 6.07) is -0.673. The molecule has 0 aromatic heterocycles. The van der Waals surface area contributed by atoms with Crippen molar-refractivity contribution in [2.24, 2.45) is 5.41 Å². The van der Waals surface area contributed by atoms with Crippen LogP contribution in [0.1, 0.15) is 53.4 Å². The SMILES string of the molecule is CCC1(CC)CC2OCCC(NC(=O)C(C)NC)C(=O)N2C1C. The summed E-state index contributed by atoms with van der Waals surface area (Å²) in [5.41, 5.74) is 0.116. The van der Waals surface area contributed by atoms with Crippen molar-refractivity contribution in [1.29, 1.82) is 0 Å². The fraction of sp³-hybridized carbons (Fsp3) is 0.882. The number of amides is 2. The molecule has 2 aliphatic heterocycles. The van der Waals surface area contributed by atoms with E-state index in [9.17, 15) is 9.59 Å². The third-order valence-electron chi connectivity index (χ3n) is 6.02. The number of hydrogen-bond donors (Lipinski definition) is 2. The first-order chi connectivity index (χ1) is 10.9. The van der Waals surface area contributed by atoms with Crippen molar-refractivity contribution in [2.45, 2.75) is 77.7 Å². The van der Waals surface area contributed by atoms with Crippen molar-refractivity contribution >= 4 is 11.8 Å². The molecule has 2 aliphatic rings. The summed E-state index contributed by atoms with van der Waals surface area (Å²) in [5.74, 6) is -0.145. The van der Waals surface area contributed by atoms with Gasteiger partial charge in [0.2, 0.25) is 11.8 Å². The second-order valence-electron chi connectivity index (χ2n) is 6.88. The Bertz CT molecular complexity index is 450. The van der Waals surface area contributed by atoms with E-state index in [0.29, 0.717) is 13.0 Å². The molecule has 2 heterocycles. The van der Waals surface area contributed by atoms with Crippen LogP contribution in [0.4, 0.5) is 0 Å². The molecular formula is C17H31N3O3. The van der Waals surface area contributed by atoms with Crippen molar-refractivity contribution in [3.05, 3.63) is 0 Å². The van der Waals surface area contributed by atoms with E-state index in [1.54, 1.807) is 14.0 Å². The monoisotopic (exact) mass is 325 g/mol. The van der Waals surface area contributed by atoms with Gasteiger partial charge in [-0.05, 0) is 45.6 Å². The number of nitrogens with one attached hydrogen (secondary N) is 2. The fourth-order valence-corrected chi connectivity index (χ4v) is 3.95. The normalized spacial score (nSPS) is 31.4. The number of nitrogens with zero attached hydrogens (tertiary/aromatic N) is 1. The zero-order valence-electron chi connectivity index (χ0n) is 15.0. The molecule has 0 aliphatic carbocycles. The average Bonchev–Trinajstić information content (AvgIpc) is 2.75. The van der Waals surface area contributed by atoms with E-state index in [-0.39, 0.29) is 35.5 Å². The molecule has 0 aromatic carbocycles. The molecule has 0 saturated carbocycles. The van der Waals surface area contributed by atoms with Crippen LogP contribution in [0, 0.1) is 5.41 Å². The second-order valence-corrected chi connectivity index (χ2v) is 6.88. The Balaban J connectivity index is 2.17. The molecule has 132 valence electrons. The topological polar surface area (TPSA) is 70.7 Å². The maximum Gasteiger partial charge on any atom is 0.247 e. The lowest BCUT2D eigenvalue weighted by Crippen LogP contribution is -2.54. The highest BCUT2D eigenvalue weighted by atomic mass is 16.5. The zero-order valence-corrected chi connectivity index (χ0v) is 15.0. The number of rotatable bonds is 5. The molecule has 23 heavy (non-hydrogen) atoms. The lowest BCUT2D eigenvalue weighted by Gasteiger charge is -2.35. The van der Waals surface area contributed by atoms with Gasteiger partial charge in [0.05, 0.1) is 12.6 Å². The van der Waals surface area contributed by atoms with Crippen molar-refractivity contribution in [2.75, 3.05) is 13.7 Å². The zero-order chi connectivity index (χ0) is 17.2. The molecule has 2 saturated heterocycles. The lowest BCUT2D eigenvalue weighted by atomic mass is 9.76. The van der Waals surface area contributed by atoms with E-state index in [1.807, 2.05) is 4.90 Å². The molecule has 0 radical (unpaired) electrons. The highest BCUT2D eigenvalue weighted by Crippen LogP contribution is 2.47. The molecule has 6 heteroatoms. The molecule has 4 atom stereocenters. The third kappa shape index (κ3) is 3.24. The molecular weight excluding hydrogens is 294 g/mol. The van der Waals surface area contributed by atoms with Gasteiger partial charge in [0.1, 0.15) is 12.3 Å². The lowest BCUT2D eigenvalue weighted by molar-refractivity contribution is -0.144. The molecule has 6 nitrogen and oxygen atoms in total. The number of likely N-dealkylation sites (N-methyl/N-ethyl adjacent to an activating group) is 1. The van der Waals surface area contributed by atoms with Crippen molar-refractivity contribution in [3.63, 3.8) is 0 Å². The second kappa shape index (κ2) is 7.18. The minimum Gasteiger partial charge on any atom is -0.358 e. The van der Waals surface area contributed by atoms with Gasteiger partial charge in [0, 0.05) is 12.5 Å². The van der Waals surface area contributed by atoms with Crippen molar-refractivity contribution < 1.29 is 14.3 Å². The summed E-state index contributed by atoms with van der Waals surface area (Å²) in [5, 5.41) is 5.79. The van der Waals surface area contributed by atoms with Crippen LogP contribution < -0.4 is 10.6 Å². The van der Waals surface area contributed by atoms with Crippen LogP contribution in [0.2, 0.25) is 0 Å². The van der Waals surface area contributed by atoms with E-state index in [2.05, 4.69) is 31.4 Å². The summed E-state index contributed by atoms with van der Waals surface area (Å²) in [6.45, 7) is 8.78. The Morgan fingerprint density at radius 3 is 2.65 bits per heavy atom. The summed E-state index contributed by atoms with van der Waals surface area (Å²) in [7, 11) is 1.73. The van der Waals surface area contributed by atoms with E-state index < -0.39 is 6.04 Å². The Morgan fingerprint density at radius 1 is 1.43 bits per heavy atom. The molecule has 2 rings (SSSR count). The van der Waals surface area contributed by atoms with E-state index in [4.69, 9.17) is 4.74 Å². The van der Waals surface area contributed by atoms with Gasteiger partial charge < -0.3 is 20.3 Å². The maximum atomic E-state index is 13.0.